The highest BCUT2D eigenvalue weighted by Crippen LogP contribution is 2.17. The number of hydrogen-bond acceptors (Lipinski definition) is 3. The van der Waals surface area contributed by atoms with Crippen LogP contribution in [0, 0.1) is 0 Å². The van der Waals surface area contributed by atoms with Crippen molar-refractivity contribution < 1.29 is 19.4 Å². The van der Waals surface area contributed by atoms with Crippen molar-refractivity contribution in [1.82, 2.24) is 5.32 Å². The summed E-state index contributed by atoms with van der Waals surface area (Å²) in [5.41, 5.74) is 0.959. The smallest absolute Gasteiger partial charge is 0.412 e. The van der Waals surface area contributed by atoms with Crippen LogP contribution in [0.3, 0.4) is 0 Å². The predicted octanol–water partition coefficient (Wildman–Crippen LogP) is 3.69. The van der Waals surface area contributed by atoms with Crippen LogP contribution in [0.25, 0.3) is 6.08 Å². The normalized spacial score (nSPS) is 10.9. The minimum atomic E-state index is -1.29. The fourth-order valence-electron chi connectivity index (χ4n) is 1.77. The molecule has 0 unspecified atom stereocenters. The van der Waals surface area contributed by atoms with Gasteiger partial charge in [0.05, 0.1) is 0 Å². The Balaban J connectivity index is 2.03. The van der Waals surface area contributed by atoms with Crippen LogP contribution in [0.4, 0.5) is 4.79 Å². The number of carbonyl (C=O) groups is 2. The van der Waals surface area contributed by atoms with Crippen LogP contribution < -0.4 is 5.32 Å². The first-order valence-electron chi connectivity index (χ1n) is 6.73. The molecule has 2 rings (SSSR count). The van der Waals surface area contributed by atoms with E-state index in [2.05, 4.69) is 5.32 Å². The third-order valence-corrected chi connectivity index (χ3v) is 3.23. The zero-order chi connectivity index (χ0) is 16.7. The fourth-order valence-corrected chi connectivity index (χ4v) is 1.96. The molecule has 0 aromatic heterocycles. The summed E-state index contributed by atoms with van der Waals surface area (Å²) in [5, 5.41) is 11.8. The number of benzene rings is 2. The second-order valence-electron chi connectivity index (χ2n) is 4.57. The Labute approximate surface area is 138 Å². The highest BCUT2D eigenvalue weighted by atomic mass is 35.5. The van der Waals surface area contributed by atoms with Crippen molar-refractivity contribution in [3.8, 4) is 0 Å². The minimum Gasteiger partial charge on any atom is -0.477 e. The van der Waals surface area contributed by atoms with Gasteiger partial charge in [0.25, 0.3) is 0 Å². The number of alkyl carbamates (subject to hydrolysis) is 1. The Morgan fingerprint density at radius 3 is 2.39 bits per heavy atom. The van der Waals surface area contributed by atoms with Gasteiger partial charge in [-0.2, -0.15) is 0 Å². The van der Waals surface area contributed by atoms with E-state index in [4.69, 9.17) is 16.3 Å². The number of carbonyl (C=O) groups excluding carboxylic acids is 1. The van der Waals surface area contributed by atoms with Gasteiger partial charge in [-0.1, -0.05) is 60.1 Å². The summed E-state index contributed by atoms with van der Waals surface area (Å²) < 4.78 is 4.99. The van der Waals surface area contributed by atoms with Gasteiger partial charge < -0.3 is 9.84 Å². The van der Waals surface area contributed by atoms with Gasteiger partial charge in [0.2, 0.25) is 0 Å². The zero-order valence-electron chi connectivity index (χ0n) is 12.0. The van der Waals surface area contributed by atoms with E-state index in [1.165, 1.54) is 6.08 Å². The molecular weight excluding hydrogens is 318 g/mol. The van der Waals surface area contributed by atoms with Gasteiger partial charge >= 0.3 is 12.1 Å². The lowest BCUT2D eigenvalue weighted by molar-refractivity contribution is -0.132. The molecule has 0 atom stereocenters. The van der Waals surface area contributed by atoms with E-state index in [0.717, 1.165) is 5.56 Å². The molecule has 2 aromatic carbocycles. The molecule has 6 heteroatoms. The average molecular weight is 332 g/mol. The van der Waals surface area contributed by atoms with Gasteiger partial charge in [0.1, 0.15) is 12.3 Å². The molecular formula is C17H14ClNO4. The van der Waals surface area contributed by atoms with E-state index in [0.29, 0.717) is 10.6 Å². The van der Waals surface area contributed by atoms with Gasteiger partial charge in [-0.15, -0.1) is 0 Å². The molecule has 2 aromatic rings. The van der Waals surface area contributed by atoms with Crippen molar-refractivity contribution in [2.45, 2.75) is 6.61 Å². The number of carboxylic acids is 1. The molecule has 23 heavy (non-hydrogen) atoms. The average Bonchev–Trinajstić information content (AvgIpc) is 2.55. The lowest BCUT2D eigenvalue weighted by Gasteiger charge is -2.08. The molecule has 0 aliphatic rings. The van der Waals surface area contributed by atoms with Gasteiger partial charge in [-0.05, 0) is 23.3 Å². The van der Waals surface area contributed by atoms with Gasteiger partial charge in [0, 0.05) is 5.02 Å². The fraction of sp³-hybridized carbons (Fsp3) is 0.0588. The molecule has 0 heterocycles. The summed E-state index contributed by atoms with van der Waals surface area (Å²) in [6.45, 7) is 0.0473. The number of halogens is 1. The first-order chi connectivity index (χ1) is 11.1. The Bertz CT molecular complexity index is 728. The highest BCUT2D eigenvalue weighted by Gasteiger charge is 2.13. The van der Waals surface area contributed by atoms with Crippen LogP contribution in [0.2, 0.25) is 5.02 Å². The molecule has 0 saturated carbocycles. The van der Waals surface area contributed by atoms with E-state index in [-0.39, 0.29) is 12.3 Å². The van der Waals surface area contributed by atoms with Crippen LogP contribution in [-0.2, 0) is 16.1 Å². The molecule has 5 nitrogen and oxygen atoms in total. The van der Waals surface area contributed by atoms with Gasteiger partial charge in [-0.3, -0.25) is 5.32 Å². The SMILES string of the molecule is O=C(NC(=Cc1ccccc1Cl)C(=O)O)OCc1ccccc1. The van der Waals surface area contributed by atoms with Crippen molar-refractivity contribution in [2.24, 2.45) is 0 Å². The predicted molar refractivity (Wildman–Crippen MR) is 86.8 cm³/mol. The largest absolute Gasteiger partial charge is 0.477 e. The van der Waals surface area contributed by atoms with E-state index in [1.807, 2.05) is 18.2 Å². The summed E-state index contributed by atoms with van der Waals surface area (Å²) in [5.74, 6) is -1.29. The van der Waals surface area contributed by atoms with Crippen molar-refractivity contribution in [3.05, 3.63) is 76.4 Å². The lowest BCUT2D eigenvalue weighted by Crippen LogP contribution is -2.27. The molecule has 0 spiro atoms. The standard InChI is InChI=1S/C17H14ClNO4/c18-14-9-5-4-8-13(14)10-15(16(20)21)19-17(22)23-11-12-6-2-1-3-7-12/h1-10H,11H2,(H,19,22)(H,20,21). The number of carboxylic acid groups (broad SMARTS) is 1. The number of amides is 1. The molecule has 0 fully saturated rings. The second kappa shape index (κ2) is 8.00. The van der Waals surface area contributed by atoms with Gasteiger partial charge in [-0.25, -0.2) is 9.59 Å². The molecule has 118 valence electrons. The molecule has 0 saturated heterocycles. The minimum absolute atomic E-state index is 0.0473. The molecule has 0 bridgehead atoms. The summed E-state index contributed by atoms with van der Waals surface area (Å²) in [4.78, 5) is 23.0. The number of hydrogen-bond donors (Lipinski definition) is 2. The Morgan fingerprint density at radius 2 is 1.74 bits per heavy atom. The van der Waals surface area contributed by atoms with Crippen molar-refractivity contribution in [2.75, 3.05) is 0 Å². The number of ether oxygens (including phenoxy) is 1. The third kappa shape index (κ3) is 5.16. The first-order valence-corrected chi connectivity index (χ1v) is 7.11. The van der Waals surface area contributed by atoms with E-state index >= 15 is 0 Å². The number of nitrogens with one attached hydrogen (secondary N) is 1. The summed E-state index contributed by atoms with van der Waals surface area (Å²) in [7, 11) is 0. The maximum Gasteiger partial charge on any atom is 0.412 e. The molecule has 0 aliphatic heterocycles. The van der Waals surface area contributed by atoms with E-state index in [9.17, 15) is 14.7 Å². The molecule has 2 N–H and O–H groups in total. The Hall–Kier alpha value is -2.79. The molecule has 0 aliphatic carbocycles. The van der Waals surface area contributed by atoms with E-state index < -0.39 is 12.1 Å². The van der Waals surface area contributed by atoms with Crippen LogP contribution in [-0.4, -0.2) is 17.2 Å². The van der Waals surface area contributed by atoms with E-state index in [1.54, 1.807) is 36.4 Å². The maximum absolute atomic E-state index is 11.7. The Morgan fingerprint density at radius 1 is 1.09 bits per heavy atom. The number of rotatable bonds is 5. The van der Waals surface area contributed by atoms with Crippen LogP contribution in [0.15, 0.2) is 60.3 Å². The summed E-state index contributed by atoms with van der Waals surface area (Å²) in [6.07, 6.45) is 0.420. The first kappa shape index (κ1) is 16.6. The van der Waals surface area contributed by atoms with Crippen LogP contribution in [0.5, 0.6) is 0 Å². The van der Waals surface area contributed by atoms with Crippen molar-refractivity contribution in [3.63, 3.8) is 0 Å². The van der Waals surface area contributed by atoms with Crippen molar-refractivity contribution >= 4 is 29.7 Å². The second-order valence-corrected chi connectivity index (χ2v) is 4.98. The quantitative estimate of drug-likeness (QED) is 0.819. The lowest BCUT2D eigenvalue weighted by atomic mass is 10.2. The third-order valence-electron chi connectivity index (χ3n) is 2.88. The molecule has 1 amide bonds. The monoisotopic (exact) mass is 331 g/mol. The summed E-state index contributed by atoms with van der Waals surface area (Å²) >= 11 is 5.97. The number of aliphatic carboxylic acids is 1. The highest BCUT2D eigenvalue weighted by molar-refractivity contribution is 6.32. The zero-order valence-corrected chi connectivity index (χ0v) is 12.8. The van der Waals surface area contributed by atoms with Gasteiger partial charge in [0.15, 0.2) is 0 Å². The van der Waals surface area contributed by atoms with Crippen LogP contribution >= 0.6 is 11.6 Å². The van der Waals surface area contributed by atoms with Crippen molar-refractivity contribution in [1.29, 1.82) is 0 Å². The Kier molecular flexibility index (Phi) is 5.77. The topological polar surface area (TPSA) is 75.6 Å². The summed E-state index contributed by atoms with van der Waals surface area (Å²) in [6, 6.07) is 15.8. The molecule has 0 radical (unpaired) electrons. The van der Waals surface area contributed by atoms with Crippen LogP contribution in [0.1, 0.15) is 11.1 Å². The maximum atomic E-state index is 11.7.